The first kappa shape index (κ1) is 14.4. The van der Waals surface area contributed by atoms with Crippen molar-refractivity contribution in [1.29, 1.82) is 0 Å². The number of carbonyl (C=O) groups is 1. The molecule has 2 heterocycles. The van der Waals surface area contributed by atoms with Gasteiger partial charge in [-0.25, -0.2) is 0 Å². The van der Waals surface area contributed by atoms with Crippen LogP contribution in [0.3, 0.4) is 0 Å². The lowest BCUT2D eigenvalue weighted by Crippen LogP contribution is -2.30. The van der Waals surface area contributed by atoms with Gasteiger partial charge >= 0.3 is 0 Å². The van der Waals surface area contributed by atoms with E-state index in [9.17, 15) is 4.79 Å². The number of rotatable bonds is 5. The average Bonchev–Trinajstić information content (AvgIpc) is 3.21. The fourth-order valence-electron chi connectivity index (χ4n) is 2.66. The Balaban J connectivity index is 1.64. The van der Waals surface area contributed by atoms with Crippen molar-refractivity contribution in [2.75, 3.05) is 7.05 Å². The second-order valence-electron chi connectivity index (χ2n) is 5.51. The predicted octanol–water partition coefficient (Wildman–Crippen LogP) is 3.84. The summed E-state index contributed by atoms with van der Waals surface area (Å²) in [4.78, 5) is 14.1. The Bertz CT molecular complexity index is 758. The smallest absolute Gasteiger partial charge is 0.224 e. The quantitative estimate of drug-likeness (QED) is 0.717. The van der Waals surface area contributed by atoms with Crippen molar-refractivity contribution in [3.8, 4) is 0 Å². The maximum absolute atomic E-state index is 12.4. The van der Waals surface area contributed by atoms with Gasteiger partial charge in [-0.1, -0.05) is 18.2 Å². The molecule has 0 fully saturated rings. The van der Waals surface area contributed by atoms with Gasteiger partial charge in [0.25, 0.3) is 0 Å². The zero-order chi connectivity index (χ0) is 15.5. The lowest BCUT2D eigenvalue weighted by Gasteiger charge is -2.23. The second kappa shape index (κ2) is 6.10. The van der Waals surface area contributed by atoms with Crippen molar-refractivity contribution in [2.24, 2.45) is 0 Å². The third kappa shape index (κ3) is 2.77. The van der Waals surface area contributed by atoms with Crippen molar-refractivity contribution in [3.05, 3.63) is 60.7 Å². The zero-order valence-corrected chi connectivity index (χ0v) is 12.9. The van der Waals surface area contributed by atoms with Crippen LogP contribution in [0.2, 0.25) is 0 Å². The molecule has 22 heavy (non-hydrogen) atoms. The highest BCUT2D eigenvalue weighted by Gasteiger charge is 2.19. The SMILES string of the molecule is CC(c1ccco1)N(C)C(=O)CCn1ccc2ccccc21. The molecule has 1 aromatic carbocycles. The van der Waals surface area contributed by atoms with E-state index in [1.807, 2.05) is 44.4 Å². The number of aromatic nitrogens is 1. The predicted molar refractivity (Wildman–Crippen MR) is 86.4 cm³/mol. The summed E-state index contributed by atoms with van der Waals surface area (Å²) in [5.74, 6) is 0.920. The van der Waals surface area contributed by atoms with Gasteiger partial charge in [0.1, 0.15) is 5.76 Å². The summed E-state index contributed by atoms with van der Waals surface area (Å²) in [6.07, 6.45) is 4.14. The van der Waals surface area contributed by atoms with Gasteiger partial charge in [0.2, 0.25) is 5.91 Å². The number of carbonyl (C=O) groups excluding carboxylic acids is 1. The van der Waals surface area contributed by atoms with E-state index in [0.717, 1.165) is 11.3 Å². The molecule has 0 radical (unpaired) electrons. The second-order valence-corrected chi connectivity index (χ2v) is 5.51. The minimum Gasteiger partial charge on any atom is -0.467 e. The van der Waals surface area contributed by atoms with Crippen molar-refractivity contribution in [1.82, 2.24) is 9.47 Å². The zero-order valence-electron chi connectivity index (χ0n) is 12.9. The number of para-hydroxylation sites is 1. The molecule has 0 aliphatic carbocycles. The average molecular weight is 296 g/mol. The summed E-state index contributed by atoms with van der Waals surface area (Å²) >= 11 is 0. The first-order chi connectivity index (χ1) is 10.7. The summed E-state index contributed by atoms with van der Waals surface area (Å²) in [6.45, 7) is 2.66. The van der Waals surface area contributed by atoms with E-state index in [-0.39, 0.29) is 11.9 Å². The van der Waals surface area contributed by atoms with Gasteiger partial charge in [-0.3, -0.25) is 4.79 Å². The van der Waals surface area contributed by atoms with Gasteiger partial charge in [-0.2, -0.15) is 0 Å². The molecule has 0 aliphatic rings. The van der Waals surface area contributed by atoms with Crippen LogP contribution in [0.5, 0.6) is 0 Å². The number of fused-ring (bicyclic) bond motifs is 1. The van der Waals surface area contributed by atoms with E-state index in [1.165, 1.54) is 5.39 Å². The Hall–Kier alpha value is -2.49. The van der Waals surface area contributed by atoms with Crippen LogP contribution < -0.4 is 0 Å². The molecule has 0 saturated carbocycles. The lowest BCUT2D eigenvalue weighted by molar-refractivity contribution is -0.132. The van der Waals surface area contributed by atoms with Crippen LogP contribution in [0.4, 0.5) is 0 Å². The van der Waals surface area contributed by atoms with Crippen LogP contribution in [-0.2, 0) is 11.3 Å². The molecule has 0 bridgehead atoms. The van der Waals surface area contributed by atoms with Crippen LogP contribution in [0, 0.1) is 0 Å². The fraction of sp³-hybridized carbons (Fsp3) is 0.278. The Morgan fingerprint density at radius 1 is 1.23 bits per heavy atom. The molecule has 4 nitrogen and oxygen atoms in total. The molecule has 3 rings (SSSR count). The van der Waals surface area contributed by atoms with Gasteiger partial charge in [0, 0.05) is 31.7 Å². The lowest BCUT2D eigenvalue weighted by atomic mass is 10.2. The summed E-state index contributed by atoms with van der Waals surface area (Å²) in [6, 6.07) is 14.0. The number of furan rings is 1. The number of benzene rings is 1. The normalized spacial score (nSPS) is 12.5. The van der Waals surface area contributed by atoms with Crippen LogP contribution in [-0.4, -0.2) is 22.4 Å². The molecular weight excluding hydrogens is 276 g/mol. The summed E-state index contributed by atoms with van der Waals surface area (Å²) in [7, 11) is 1.82. The van der Waals surface area contributed by atoms with Gasteiger partial charge < -0.3 is 13.9 Å². The van der Waals surface area contributed by atoms with E-state index in [1.54, 1.807) is 11.2 Å². The van der Waals surface area contributed by atoms with Crippen molar-refractivity contribution < 1.29 is 9.21 Å². The van der Waals surface area contributed by atoms with E-state index in [0.29, 0.717) is 13.0 Å². The summed E-state index contributed by atoms with van der Waals surface area (Å²) in [5.41, 5.74) is 1.16. The molecule has 0 N–H and O–H groups in total. The van der Waals surface area contributed by atoms with Gasteiger partial charge in [-0.15, -0.1) is 0 Å². The van der Waals surface area contributed by atoms with E-state index in [4.69, 9.17) is 4.42 Å². The Kier molecular flexibility index (Phi) is 4.00. The van der Waals surface area contributed by atoms with Crippen molar-refractivity contribution in [2.45, 2.75) is 25.9 Å². The molecule has 1 unspecified atom stereocenters. The highest BCUT2D eigenvalue weighted by Crippen LogP contribution is 2.20. The highest BCUT2D eigenvalue weighted by atomic mass is 16.3. The Morgan fingerprint density at radius 3 is 2.82 bits per heavy atom. The van der Waals surface area contributed by atoms with Gasteiger partial charge in [0.15, 0.2) is 0 Å². The van der Waals surface area contributed by atoms with Crippen LogP contribution in [0.1, 0.15) is 25.1 Å². The fourth-order valence-corrected chi connectivity index (χ4v) is 2.66. The van der Waals surface area contributed by atoms with Crippen LogP contribution >= 0.6 is 0 Å². The summed E-state index contributed by atoms with van der Waals surface area (Å²) < 4.78 is 7.50. The topological polar surface area (TPSA) is 38.4 Å². The minimum atomic E-state index is -0.0519. The molecule has 4 heteroatoms. The first-order valence-electron chi connectivity index (χ1n) is 7.50. The van der Waals surface area contributed by atoms with Crippen molar-refractivity contribution in [3.63, 3.8) is 0 Å². The molecule has 0 saturated heterocycles. The molecule has 114 valence electrons. The van der Waals surface area contributed by atoms with Gasteiger partial charge in [0.05, 0.1) is 12.3 Å². The third-order valence-corrected chi connectivity index (χ3v) is 4.18. The first-order valence-corrected chi connectivity index (χ1v) is 7.50. The van der Waals surface area contributed by atoms with Crippen LogP contribution in [0.25, 0.3) is 10.9 Å². The van der Waals surface area contributed by atoms with E-state index >= 15 is 0 Å². The largest absolute Gasteiger partial charge is 0.467 e. The van der Waals surface area contributed by atoms with Crippen molar-refractivity contribution >= 4 is 16.8 Å². The summed E-state index contributed by atoms with van der Waals surface area (Å²) in [5, 5.41) is 1.20. The maximum Gasteiger partial charge on any atom is 0.224 e. The Morgan fingerprint density at radius 2 is 2.05 bits per heavy atom. The number of amides is 1. The number of aryl methyl sites for hydroxylation is 1. The third-order valence-electron chi connectivity index (χ3n) is 4.18. The molecular formula is C18H20N2O2. The molecule has 2 aromatic heterocycles. The van der Waals surface area contributed by atoms with Gasteiger partial charge in [-0.05, 0) is 36.6 Å². The van der Waals surface area contributed by atoms with E-state index < -0.39 is 0 Å². The highest BCUT2D eigenvalue weighted by molar-refractivity contribution is 5.80. The standard InChI is InChI=1S/C18H20N2O2/c1-14(17-8-5-13-22-17)19(2)18(21)10-12-20-11-9-15-6-3-4-7-16(15)20/h3-9,11,13-14H,10,12H2,1-2H3. The monoisotopic (exact) mass is 296 g/mol. The molecule has 3 aromatic rings. The molecule has 1 amide bonds. The van der Waals surface area contributed by atoms with E-state index in [2.05, 4.69) is 22.8 Å². The van der Waals surface area contributed by atoms with Crippen LogP contribution in [0.15, 0.2) is 59.3 Å². The number of hydrogen-bond acceptors (Lipinski definition) is 2. The Labute approximate surface area is 129 Å². The molecule has 0 aliphatic heterocycles. The molecule has 0 spiro atoms. The minimum absolute atomic E-state index is 0.0519. The molecule has 1 atom stereocenters. The number of hydrogen-bond donors (Lipinski definition) is 0. The number of nitrogens with zero attached hydrogens (tertiary/aromatic N) is 2. The maximum atomic E-state index is 12.4.